The van der Waals surface area contributed by atoms with Crippen LogP contribution in [0.3, 0.4) is 0 Å². The predicted molar refractivity (Wildman–Crippen MR) is 110 cm³/mol. The molecule has 0 aromatic heterocycles. The van der Waals surface area contributed by atoms with Crippen LogP contribution in [0.4, 0.5) is 17.1 Å². The van der Waals surface area contributed by atoms with Gasteiger partial charge in [0.1, 0.15) is 17.1 Å². The number of isocyanates is 3. The van der Waals surface area contributed by atoms with Crippen molar-refractivity contribution in [3.05, 3.63) is 53.6 Å². The van der Waals surface area contributed by atoms with Crippen LogP contribution in [0.5, 0.6) is 0 Å². The summed E-state index contributed by atoms with van der Waals surface area (Å²) in [6, 6.07) is 14.0. The van der Waals surface area contributed by atoms with Gasteiger partial charge in [0, 0.05) is 5.39 Å². The molecule has 0 N–H and O–H groups in total. The van der Waals surface area contributed by atoms with Crippen LogP contribution in [0.15, 0.2) is 57.4 Å². The first kappa shape index (κ1) is 16.9. The Bertz CT molecular complexity index is 1520. The summed E-state index contributed by atoms with van der Waals surface area (Å²) >= 11 is 0. The van der Waals surface area contributed by atoms with Crippen molar-refractivity contribution in [3.8, 4) is 0 Å². The second kappa shape index (κ2) is 6.45. The fourth-order valence-corrected chi connectivity index (χ4v) is 4.54. The van der Waals surface area contributed by atoms with E-state index in [1.54, 1.807) is 12.2 Å². The monoisotopic (exact) mass is 377 g/mol. The highest BCUT2D eigenvalue weighted by Gasteiger charge is 2.27. The summed E-state index contributed by atoms with van der Waals surface area (Å²) in [5, 5.41) is 5.54. The van der Waals surface area contributed by atoms with Crippen LogP contribution in [0.2, 0.25) is 0 Å². The molecule has 0 radical (unpaired) electrons. The lowest BCUT2D eigenvalue weighted by Crippen LogP contribution is -2.03. The number of fused-ring (bicyclic) bond motifs is 3. The Morgan fingerprint density at radius 2 is 1.21 bits per heavy atom. The van der Waals surface area contributed by atoms with Gasteiger partial charge in [-0.2, -0.15) is 15.0 Å². The summed E-state index contributed by atoms with van der Waals surface area (Å²) in [7, 11) is 0. The minimum atomic E-state index is 0.0399. The lowest BCUT2D eigenvalue weighted by Gasteiger charge is -2.23. The Kier molecular flexibility index (Phi) is 3.77. The summed E-state index contributed by atoms with van der Waals surface area (Å²) < 4.78 is 0. The fraction of sp³-hybridized carbons (Fsp3) is 0.0870. The highest BCUT2D eigenvalue weighted by molar-refractivity contribution is 6.32. The normalized spacial score (nSPS) is 11.9. The highest BCUT2D eigenvalue weighted by Crippen LogP contribution is 2.53. The van der Waals surface area contributed by atoms with E-state index >= 15 is 0 Å². The van der Waals surface area contributed by atoms with Crippen molar-refractivity contribution in [2.75, 3.05) is 0 Å². The standard InChI is InChI=1S/C23H11N3O3/c27-10-24-21-17-9-8-13-4-3-7-15-14-5-1-2-6-16(14)20(19(17)18(13)15)22(25-11-28)23(21)26-12-29/h1-7H,8-9H2. The smallest absolute Gasteiger partial charge is 0.211 e. The van der Waals surface area contributed by atoms with Gasteiger partial charge in [0.25, 0.3) is 0 Å². The summed E-state index contributed by atoms with van der Waals surface area (Å²) in [6.45, 7) is 0. The Morgan fingerprint density at radius 3 is 1.97 bits per heavy atom. The molecule has 1 aliphatic rings. The van der Waals surface area contributed by atoms with Crippen LogP contribution < -0.4 is 0 Å². The van der Waals surface area contributed by atoms with Gasteiger partial charge in [-0.05, 0) is 50.9 Å². The Labute approximate surface area is 163 Å². The number of hydrogen-bond acceptors (Lipinski definition) is 6. The van der Waals surface area contributed by atoms with Crippen molar-refractivity contribution in [2.45, 2.75) is 12.8 Å². The van der Waals surface area contributed by atoms with Crippen molar-refractivity contribution in [2.24, 2.45) is 15.0 Å². The minimum absolute atomic E-state index is 0.0399. The maximum atomic E-state index is 11.3. The number of rotatable bonds is 3. The number of aliphatic imine (C=N–C) groups is 3. The minimum Gasteiger partial charge on any atom is -0.211 e. The first-order valence-corrected chi connectivity index (χ1v) is 8.98. The zero-order valence-electron chi connectivity index (χ0n) is 15.0. The van der Waals surface area contributed by atoms with Crippen LogP contribution in [0.1, 0.15) is 11.1 Å². The van der Waals surface area contributed by atoms with E-state index in [1.165, 1.54) is 11.6 Å². The molecule has 0 unspecified atom stereocenters. The lowest BCUT2D eigenvalue weighted by molar-refractivity contribution is 0.564. The van der Waals surface area contributed by atoms with Gasteiger partial charge in [-0.25, -0.2) is 14.4 Å². The molecule has 0 spiro atoms. The molecule has 29 heavy (non-hydrogen) atoms. The number of hydrogen-bond donors (Lipinski definition) is 0. The number of benzene rings is 4. The van der Waals surface area contributed by atoms with Crippen LogP contribution in [0, 0.1) is 0 Å². The number of nitrogens with zero attached hydrogens (tertiary/aromatic N) is 3. The molecule has 0 fully saturated rings. The van der Waals surface area contributed by atoms with E-state index in [9.17, 15) is 14.4 Å². The maximum absolute atomic E-state index is 11.3. The zero-order valence-corrected chi connectivity index (χ0v) is 15.0. The molecule has 1 aliphatic carbocycles. The SMILES string of the molecule is O=C=Nc1c(N=C=O)c2c3c4c(cccc4c4ccccc4c3c1N=C=O)CC2. The molecule has 0 saturated heterocycles. The molecular formula is C23H11N3O3. The molecule has 0 atom stereocenters. The van der Waals surface area contributed by atoms with Crippen LogP contribution in [-0.4, -0.2) is 18.2 Å². The summed E-state index contributed by atoms with van der Waals surface area (Å²) in [5.74, 6) is 0. The third-order valence-corrected chi connectivity index (χ3v) is 5.53. The molecule has 4 aromatic carbocycles. The Hall–Kier alpha value is -4.20. The average Bonchev–Trinajstić information content (AvgIpc) is 2.76. The van der Waals surface area contributed by atoms with E-state index in [-0.39, 0.29) is 17.1 Å². The molecule has 4 aromatic rings. The van der Waals surface area contributed by atoms with E-state index in [0.717, 1.165) is 38.9 Å². The molecule has 5 rings (SSSR count). The van der Waals surface area contributed by atoms with Crippen molar-refractivity contribution in [1.29, 1.82) is 0 Å². The fourth-order valence-electron chi connectivity index (χ4n) is 4.54. The van der Waals surface area contributed by atoms with Gasteiger partial charge in [-0.15, -0.1) is 0 Å². The number of carbonyl (C=O) groups excluding carboxylic acids is 3. The highest BCUT2D eigenvalue weighted by atomic mass is 16.1. The second-order valence-electron chi connectivity index (χ2n) is 6.77. The van der Waals surface area contributed by atoms with Crippen LogP contribution >= 0.6 is 0 Å². The molecular weight excluding hydrogens is 366 g/mol. The van der Waals surface area contributed by atoms with E-state index < -0.39 is 0 Å². The molecule has 136 valence electrons. The van der Waals surface area contributed by atoms with Gasteiger partial charge < -0.3 is 0 Å². The number of aryl methyl sites for hydroxylation is 2. The molecule has 6 heteroatoms. The Balaban J connectivity index is 2.26. The van der Waals surface area contributed by atoms with Gasteiger partial charge in [0.2, 0.25) is 18.2 Å². The van der Waals surface area contributed by atoms with Crippen LogP contribution in [-0.2, 0) is 27.2 Å². The summed E-state index contributed by atoms with van der Waals surface area (Å²) in [6.07, 6.45) is 5.95. The van der Waals surface area contributed by atoms with Crippen molar-refractivity contribution in [3.63, 3.8) is 0 Å². The van der Waals surface area contributed by atoms with Crippen molar-refractivity contribution < 1.29 is 14.4 Å². The van der Waals surface area contributed by atoms with E-state index in [4.69, 9.17) is 0 Å². The van der Waals surface area contributed by atoms with E-state index in [0.29, 0.717) is 11.8 Å². The van der Waals surface area contributed by atoms with Crippen molar-refractivity contribution in [1.82, 2.24) is 0 Å². The second-order valence-corrected chi connectivity index (χ2v) is 6.77. The first-order chi connectivity index (χ1) is 14.3. The molecule has 0 saturated carbocycles. The first-order valence-electron chi connectivity index (χ1n) is 8.98. The van der Waals surface area contributed by atoms with Gasteiger partial charge >= 0.3 is 0 Å². The molecule has 0 bridgehead atoms. The van der Waals surface area contributed by atoms with Gasteiger partial charge in [-0.1, -0.05) is 42.5 Å². The topological polar surface area (TPSA) is 88.3 Å². The van der Waals surface area contributed by atoms with Gasteiger partial charge in [0.15, 0.2) is 0 Å². The third kappa shape index (κ3) is 2.26. The third-order valence-electron chi connectivity index (χ3n) is 5.53. The average molecular weight is 377 g/mol. The van der Waals surface area contributed by atoms with Gasteiger partial charge in [0.05, 0.1) is 0 Å². The predicted octanol–water partition coefficient (Wildman–Crippen LogP) is 5.15. The molecule has 0 heterocycles. The molecule has 0 amide bonds. The maximum Gasteiger partial charge on any atom is 0.240 e. The summed E-state index contributed by atoms with van der Waals surface area (Å²) in [4.78, 5) is 45.0. The zero-order chi connectivity index (χ0) is 20.0. The van der Waals surface area contributed by atoms with Gasteiger partial charge in [-0.3, -0.25) is 0 Å². The van der Waals surface area contributed by atoms with E-state index in [2.05, 4.69) is 27.1 Å². The Morgan fingerprint density at radius 1 is 0.586 bits per heavy atom. The van der Waals surface area contributed by atoms with Crippen LogP contribution in [0.25, 0.3) is 32.3 Å². The summed E-state index contributed by atoms with van der Waals surface area (Å²) in [5.41, 5.74) is 2.36. The van der Waals surface area contributed by atoms with E-state index in [1.807, 2.05) is 30.3 Å². The van der Waals surface area contributed by atoms with Crippen molar-refractivity contribution >= 4 is 67.6 Å². The quantitative estimate of drug-likeness (QED) is 0.281. The molecule has 0 aliphatic heterocycles. The molecule has 6 nitrogen and oxygen atoms in total. The lowest BCUT2D eigenvalue weighted by atomic mass is 9.81. The largest absolute Gasteiger partial charge is 0.240 e.